The van der Waals surface area contributed by atoms with Crippen LogP contribution >= 0.6 is 0 Å². The smallest absolute Gasteiger partial charge is 0.331 e. The Morgan fingerprint density at radius 1 is 1.00 bits per heavy atom. The number of carbonyl (C=O) groups is 2. The van der Waals surface area contributed by atoms with Gasteiger partial charge < -0.3 is 25.1 Å². The zero-order valence-corrected chi connectivity index (χ0v) is 20.7. The van der Waals surface area contributed by atoms with Gasteiger partial charge in [0.15, 0.2) is 6.04 Å². The van der Waals surface area contributed by atoms with Gasteiger partial charge in [0.05, 0.1) is 11.0 Å². The van der Waals surface area contributed by atoms with Crippen molar-refractivity contribution in [3.05, 3.63) is 84.1 Å². The van der Waals surface area contributed by atoms with E-state index in [4.69, 9.17) is 4.98 Å². The van der Waals surface area contributed by atoms with Crippen LogP contribution in [0, 0.1) is 0 Å². The Hall–Kier alpha value is -4.59. The number of carboxylic acids is 1. The molecule has 0 unspecified atom stereocenters. The molecule has 2 heterocycles. The molecule has 1 fully saturated rings. The van der Waals surface area contributed by atoms with E-state index >= 15 is 0 Å². The van der Waals surface area contributed by atoms with Crippen LogP contribution in [-0.4, -0.2) is 36.6 Å². The molecular weight excluding hydrogens is 480 g/mol. The van der Waals surface area contributed by atoms with Gasteiger partial charge >= 0.3 is 5.97 Å². The topological polar surface area (TPSA) is 120 Å². The third kappa shape index (κ3) is 4.28. The van der Waals surface area contributed by atoms with Gasteiger partial charge in [-0.2, -0.15) is 0 Å². The molecule has 38 heavy (non-hydrogen) atoms. The summed E-state index contributed by atoms with van der Waals surface area (Å²) in [7, 11) is 0. The molecule has 0 saturated heterocycles. The molecule has 0 bridgehead atoms. The van der Waals surface area contributed by atoms with Gasteiger partial charge in [0.1, 0.15) is 11.6 Å². The van der Waals surface area contributed by atoms with Gasteiger partial charge in [-0.15, -0.1) is 0 Å². The van der Waals surface area contributed by atoms with Crippen LogP contribution in [-0.2, 0) is 4.79 Å². The fourth-order valence-electron chi connectivity index (χ4n) is 5.60. The number of carboxylic acid groups (broad SMARTS) is 1. The van der Waals surface area contributed by atoms with Gasteiger partial charge in [0.2, 0.25) is 0 Å². The van der Waals surface area contributed by atoms with Crippen LogP contribution in [0.5, 0.6) is 5.75 Å². The third-order valence-corrected chi connectivity index (χ3v) is 7.45. The van der Waals surface area contributed by atoms with E-state index in [-0.39, 0.29) is 5.75 Å². The maximum atomic E-state index is 13.3. The number of hydrogen-bond acceptors (Lipinski definition) is 4. The number of phenolic OH excluding ortho intramolecular Hbond substituents is 1. The molecule has 8 nitrogen and oxygen atoms in total. The number of imidazole rings is 1. The van der Waals surface area contributed by atoms with Crippen molar-refractivity contribution >= 4 is 33.8 Å². The fourth-order valence-corrected chi connectivity index (χ4v) is 5.60. The summed E-state index contributed by atoms with van der Waals surface area (Å²) in [4.78, 5) is 33.4. The number of H-pyrrole nitrogens is 1. The van der Waals surface area contributed by atoms with E-state index in [0.717, 1.165) is 29.7 Å². The lowest BCUT2D eigenvalue weighted by atomic mass is 9.95. The summed E-state index contributed by atoms with van der Waals surface area (Å²) in [5, 5.41) is 23.0. The number of aromatic nitrogens is 3. The largest absolute Gasteiger partial charge is 0.508 e. The number of benzene rings is 3. The highest BCUT2D eigenvalue weighted by atomic mass is 16.4. The van der Waals surface area contributed by atoms with Crippen LogP contribution < -0.4 is 5.32 Å². The van der Waals surface area contributed by atoms with Crippen LogP contribution in [0.15, 0.2) is 72.9 Å². The molecule has 0 spiro atoms. The molecule has 2 aromatic heterocycles. The number of carbonyl (C=O) groups excluding carboxylic acids is 1. The number of fused-ring (bicyclic) bond motifs is 2. The van der Waals surface area contributed by atoms with Crippen LogP contribution in [0.25, 0.3) is 33.3 Å². The van der Waals surface area contributed by atoms with Gasteiger partial charge in [-0.25, -0.2) is 9.78 Å². The summed E-state index contributed by atoms with van der Waals surface area (Å²) < 4.78 is 2.31. The van der Waals surface area contributed by atoms with E-state index in [9.17, 15) is 19.8 Å². The van der Waals surface area contributed by atoms with E-state index in [1.807, 2.05) is 36.4 Å². The minimum absolute atomic E-state index is 0.0158. The fraction of sp³-hybridized carbons (Fsp3) is 0.233. The number of rotatable bonds is 6. The predicted octanol–water partition coefficient (Wildman–Crippen LogP) is 5.95. The summed E-state index contributed by atoms with van der Waals surface area (Å²) in [5.41, 5.74) is 4.06. The number of nitrogens with zero attached hydrogens (tertiary/aromatic N) is 2. The molecule has 8 heteroatoms. The second-order valence-electron chi connectivity index (χ2n) is 9.89. The van der Waals surface area contributed by atoms with E-state index in [2.05, 4.69) is 14.9 Å². The summed E-state index contributed by atoms with van der Waals surface area (Å²) in [5.74, 6) is -0.812. The molecule has 1 saturated carbocycles. The molecule has 1 amide bonds. The molecule has 4 N–H and O–H groups in total. The number of aliphatic carboxylic acids is 1. The second-order valence-corrected chi connectivity index (χ2v) is 9.89. The van der Waals surface area contributed by atoms with Crippen molar-refractivity contribution in [3.8, 4) is 17.1 Å². The van der Waals surface area contributed by atoms with Gasteiger partial charge in [-0.1, -0.05) is 49.6 Å². The molecule has 1 aliphatic rings. The minimum Gasteiger partial charge on any atom is -0.508 e. The normalized spacial score (nSPS) is 15.1. The van der Waals surface area contributed by atoms with Crippen molar-refractivity contribution in [2.45, 2.75) is 44.2 Å². The second kappa shape index (κ2) is 9.70. The number of amides is 1. The monoisotopic (exact) mass is 508 g/mol. The van der Waals surface area contributed by atoms with Crippen molar-refractivity contribution in [2.75, 3.05) is 0 Å². The Bertz CT molecular complexity index is 1650. The first-order valence-corrected chi connectivity index (χ1v) is 12.9. The van der Waals surface area contributed by atoms with Crippen molar-refractivity contribution in [1.82, 2.24) is 19.9 Å². The Kier molecular flexibility index (Phi) is 6.07. The van der Waals surface area contributed by atoms with Crippen molar-refractivity contribution in [3.63, 3.8) is 0 Å². The minimum atomic E-state index is -1.30. The lowest BCUT2D eigenvalue weighted by Gasteiger charge is -2.25. The number of nitrogens with one attached hydrogen (secondary N) is 2. The van der Waals surface area contributed by atoms with Gasteiger partial charge in [0.25, 0.3) is 5.91 Å². The van der Waals surface area contributed by atoms with Gasteiger partial charge in [-0.05, 0) is 49.2 Å². The SMILES string of the molecule is O=C(N[C@H](C(=O)O)c1c[nH]c2ccc(O)cc12)c1ccc2c(c1)nc(-c1ccccc1)n2C1CCCCC1. The molecule has 0 aliphatic heterocycles. The van der Waals surface area contributed by atoms with E-state index in [1.54, 1.807) is 24.4 Å². The predicted molar refractivity (Wildman–Crippen MR) is 145 cm³/mol. The Labute approximate surface area is 218 Å². The Balaban J connectivity index is 1.37. The first-order chi connectivity index (χ1) is 18.5. The highest BCUT2D eigenvalue weighted by molar-refractivity contribution is 6.01. The highest BCUT2D eigenvalue weighted by Crippen LogP contribution is 2.36. The Morgan fingerprint density at radius 2 is 1.79 bits per heavy atom. The van der Waals surface area contributed by atoms with Crippen LogP contribution in [0.1, 0.15) is 60.1 Å². The average Bonchev–Trinajstić information content (AvgIpc) is 3.53. The standard InChI is InChI=1S/C30H28N4O4/c35-21-12-13-24-22(16-21)23(17-31-24)27(30(37)38)33-29(36)19-11-14-26-25(15-19)32-28(18-7-3-1-4-8-18)34(26)20-9-5-2-6-10-20/h1,3-4,7-8,11-17,20,27,31,35H,2,5-6,9-10H2,(H,33,36)(H,37,38)/t27-/m0/s1. The van der Waals surface area contributed by atoms with Gasteiger partial charge in [-0.3, -0.25) is 4.79 Å². The van der Waals surface area contributed by atoms with Crippen molar-refractivity contribution in [1.29, 1.82) is 0 Å². The highest BCUT2D eigenvalue weighted by Gasteiger charge is 2.27. The summed E-state index contributed by atoms with van der Waals surface area (Å²) in [6.07, 6.45) is 7.34. The zero-order chi connectivity index (χ0) is 26.2. The number of aromatic amines is 1. The molecule has 192 valence electrons. The lowest BCUT2D eigenvalue weighted by molar-refractivity contribution is -0.139. The average molecular weight is 509 g/mol. The lowest BCUT2D eigenvalue weighted by Crippen LogP contribution is -2.33. The molecule has 5 aromatic rings. The number of hydrogen-bond donors (Lipinski definition) is 4. The zero-order valence-electron chi connectivity index (χ0n) is 20.7. The van der Waals surface area contributed by atoms with E-state index in [1.165, 1.54) is 31.4 Å². The maximum Gasteiger partial charge on any atom is 0.331 e. The first kappa shape index (κ1) is 23.8. The molecule has 3 aromatic carbocycles. The van der Waals surface area contributed by atoms with E-state index < -0.39 is 17.9 Å². The number of phenols is 1. The third-order valence-electron chi connectivity index (χ3n) is 7.45. The summed E-state index contributed by atoms with van der Waals surface area (Å²) in [6.45, 7) is 0. The quantitative estimate of drug-likeness (QED) is 0.226. The molecular formula is C30H28N4O4. The Morgan fingerprint density at radius 3 is 2.55 bits per heavy atom. The molecule has 6 rings (SSSR count). The van der Waals surface area contributed by atoms with Crippen LogP contribution in [0.2, 0.25) is 0 Å². The van der Waals surface area contributed by atoms with Crippen molar-refractivity contribution in [2.24, 2.45) is 0 Å². The van der Waals surface area contributed by atoms with Crippen LogP contribution in [0.3, 0.4) is 0 Å². The number of aromatic hydroxyl groups is 1. The first-order valence-electron chi connectivity index (χ1n) is 12.9. The van der Waals surface area contributed by atoms with E-state index in [0.29, 0.717) is 33.6 Å². The molecule has 0 radical (unpaired) electrons. The molecule has 1 aliphatic carbocycles. The van der Waals surface area contributed by atoms with Gasteiger partial charge in [0, 0.05) is 39.8 Å². The summed E-state index contributed by atoms with van der Waals surface area (Å²) in [6, 6.07) is 19.2. The molecule has 1 atom stereocenters. The van der Waals surface area contributed by atoms with Crippen molar-refractivity contribution < 1.29 is 19.8 Å². The van der Waals surface area contributed by atoms with Crippen LogP contribution in [0.4, 0.5) is 0 Å². The maximum absolute atomic E-state index is 13.3. The summed E-state index contributed by atoms with van der Waals surface area (Å²) >= 11 is 0.